The van der Waals surface area contributed by atoms with Gasteiger partial charge in [0.1, 0.15) is 18.5 Å². The maximum atomic E-state index is 13.4. The molecule has 3 aromatic carbocycles. The van der Waals surface area contributed by atoms with Gasteiger partial charge in [-0.2, -0.15) is 4.31 Å². The number of nitrogens with one attached hydrogen (secondary N) is 2. The molecule has 0 radical (unpaired) electrons. The van der Waals surface area contributed by atoms with E-state index >= 15 is 0 Å². The highest BCUT2D eigenvalue weighted by molar-refractivity contribution is 7.89. The Bertz CT molecular complexity index is 1630. The molecule has 2 atom stereocenters. The fourth-order valence-electron chi connectivity index (χ4n) is 5.70. The maximum absolute atomic E-state index is 13.4. The van der Waals surface area contributed by atoms with Crippen LogP contribution in [0.4, 0.5) is 0 Å². The van der Waals surface area contributed by atoms with Crippen molar-refractivity contribution in [1.82, 2.24) is 14.3 Å². The van der Waals surface area contributed by atoms with Crippen LogP contribution in [0.2, 0.25) is 0 Å². The number of sulfonamides is 2. The van der Waals surface area contributed by atoms with Gasteiger partial charge in [-0.15, -0.1) is 0 Å². The molecule has 44 heavy (non-hydrogen) atoms. The van der Waals surface area contributed by atoms with Crippen molar-refractivity contribution in [2.24, 2.45) is 0 Å². The van der Waals surface area contributed by atoms with Gasteiger partial charge in [-0.05, 0) is 61.2 Å². The fourth-order valence-corrected chi connectivity index (χ4v) is 8.22. The Hall–Kier alpha value is -2.62. The van der Waals surface area contributed by atoms with E-state index in [4.69, 9.17) is 14.2 Å². The van der Waals surface area contributed by atoms with E-state index in [1.54, 1.807) is 28.6 Å². The lowest BCUT2D eigenvalue weighted by molar-refractivity contribution is -0.0312. The van der Waals surface area contributed by atoms with Gasteiger partial charge in [0.05, 0.1) is 28.6 Å². The molecule has 1 unspecified atom stereocenters. The second kappa shape index (κ2) is 14.2. The summed E-state index contributed by atoms with van der Waals surface area (Å²) >= 11 is 0. The predicted molar refractivity (Wildman–Crippen MR) is 167 cm³/mol. The SMILES string of the molecule is CCOCCNS(=O)(=O)c1cccc(OC[C@@H](O)CNC2COC3(CCN(S(=O)(=O)c4ccc5ccccc5c4)CC3)C2)c1. The van der Waals surface area contributed by atoms with Gasteiger partial charge < -0.3 is 24.6 Å². The molecule has 0 aliphatic carbocycles. The van der Waals surface area contributed by atoms with E-state index in [0.717, 1.165) is 17.2 Å². The summed E-state index contributed by atoms with van der Waals surface area (Å²) in [6.45, 7) is 4.29. The number of hydrogen-bond acceptors (Lipinski definition) is 9. The number of fused-ring (bicyclic) bond motifs is 1. The number of aliphatic hydroxyl groups excluding tert-OH is 1. The van der Waals surface area contributed by atoms with Crippen molar-refractivity contribution in [3.63, 3.8) is 0 Å². The molecular weight excluding hydrogens is 606 g/mol. The zero-order valence-corrected chi connectivity index (χ0v) is 26.5. The van der Waals surface area contributed by atoms with Crippen LogP contribution < -0.4 is 14.8 Å². The van der Waals surface area contributed by atoms with Crippen molar-refractivity contribution in [3.05, 3.63) is 66.7 Å². The van der Waals surface area contributed by atoms with E-state index in [9.17, 15) is 21.9 Å². The predicted octanol–water partition coefficient (Wildman–Crippen LogP) is 2.50. The summed E-state index contributed by atoms with van der Waals surface area (Å²) in [5, 5.41) is 15.8. The zero-order valence-electron chi connectivity index (χ0n) is 24.9. The first-order valence-corrected chi connectivity index (χ1v) is 17.9. The highest BCUT2D eigenvalue weighted by Crippen LogP contribution is 2.37. The first kappa shape index (κ1) is 32.8. The van der Waals surface area contributed by atoms with Crippen molar-refractivity contribution >= 4 is 30.8 Å². The number of rotatable bonds is 14. The highest BCUT2D eigenvalue weighted by atomic mass is 32.2. The van der Waals surface area contributed by atoms with E-state index in [1.165, 1.54) is 12.1 Å². The molecular formula is C31H41N3O8S2. The van der Waals surface area contributed by atoms with Gasteiger partial charge in [0.2, 0.25) is 20.0 Å². The summed E-state index contributed by atoms with van der Waals surface area (Å²) < 4.78 is 72.8. The Labute approximate surface area is 259 Å². The number of piperidine rings is 1. The second-order valence-electron chi connectivity index (χ2n) is 11.3. The van der Waals surface area contributed by atoms with Crippen LogP contribution in [0.25, 0.3) is 10.8 Å². The number of hydrogen-bond donors (Lipinski definition) is 3. The van der Waals surface area contributed by atoms with Crippen LogP contribution in [0, 0.1) is 0 Å². The molecule has 2 saturated heterocycles. The van der Waals surface area contributed by atoms with Crippen LogP contribution in [0.15, 0.2) is 76.5 Å². The van der Waals surface area contributed by atoms with Gasteiger partial charge in [0.15, 0.2) is 0 Å². The molecule has 0 saturated carbocycles. The van der Waals surface area contributed by atoms with Gasteiger partial charge in [-0.25, -0.2) is 21.6 Å². The van der Waals surface area contributed by atoms with Crippen molar-refractivity contribution in [2.75, 3.05) is 52.6 Å². The van der Waals surface area contributed by atoms with Crippen LogP contribution in [0.5, 0.6) is 5.75 Å². The maximum Gasteiger partial charge on any atom is 0.243 e. The van der Waals surface area contributed by atoms with Gasteiger partial charge >= 0.3 is 0 Å². The minimum atomic E-state index is -3.71. The third-order valence-corrected chi connectivity index (χ3v) is 11.5. The Morgan fingerprint density at radius 1 is 1.00 bits per heavy atom. The molecule has 3 aromatic rings. The molecule has 2 aliphatic heterocycles. The zero-order chi connectivity index (χ0) is 31.2. The van der Waals surface area contributed by atoms with Crippen LogP contribution in [-0.2, 0) is 29.5 Å². The Balaban J connectivity index is 1.06. The average molecular weight is 648 g/mol. The van der Waals surface area contributed by atoms with E-state index in [-0.39, 0.29) is 37.2 Å². The molecule has 2 aliphatic rings. The summed E-state index contributed by atoms with van der Waals surface area (Å²) in [7, 11) is -7.31. The highest BCUT2D eigenvalue weighted by Gasteiger charge is 2.44. The normalized spacial score (nSPS) is 19.8. The summed E-state index contributed by atoms with van der Waals surface area (Å²) in [5.41, 5.74) is -0.392. The van der Waals surface area contributed by atoms with Gasteiger partial charge in [0.25, 0.3) is 0 Å². The molecule has 240 valence electrons. The molecule has 3 N–H and O–H groups in total. The second-order valence-corrected chi connectivity index (χ2v) is 15.0. The Morgan fingerprint density at radius 3 is 2.55 bits per heavy atom. The molecule has 5 rings (SSSR count). The third kappa shape index (κ3) is 7.96. The lowest BCUT2D eigenvalue weighted by atomic mass is 9.88. The average Bonchev–Trinajstić information content (AvgIpc) is 3.43. The van der Waals surface area contributed by atoms with Crippen molar-refractivity contribution < 1.29 is 36.2 Å². The van der Waals surface area contributed by atoms with Crippen LogP contribution in [0.3, 0.4) is 0 Å². The summed E-state index contributed by atoms with van der Waals surface area (Å²) in [6, 6.07) is 19.1. The van der Waals surface area contributed by atoms with E-state index in [2.05, 4.69) is 10.0 Å². The standard InChI is InChI=1S/C31H41N3O8S2/c1-2-40-17-14-33-43(36,37)29-9-5-8-28(19-29)41-23-27(35)21-32-26-20-31(42-22-26)12-15-34(16-13-31)44(38,39)30-11-10-24-6-3-4-7-25(24)18-30/h3-11,18-19,26-27,32-33,35H,2,12-17,20-23H2,1H3/t26?,27-/m0/s1. The first-order chi connectivity index (χ1) is 21.1. The van der Waals surface area contributed by atoms with E-state index in [1.807, 2.05) is 37.3 Å². The first-order valence-electron chi connectivity index (χ1n) is 14.9. The minimum Gasteiger partial charge on any atom is -0.491 e. The largest absolute Gasteiger partial charge is 0.491 e. The molecule has 0 aromatic heterocycles. The van der Waals surface area contributed by atoms with Gasteiger partial charge in [0, 0.05) is 44.9 Å². The molecule has 13 heteroatoms. The summed E-state index contributed by atoms with van der Waals surface area (Å²) in [4.78, 5) is 0.376. The van der Waals surface area contributed by atoms with E-state index in [0.29, 0.717) is 49.8 Å². The number of aliphatic hydroxyl groups is 1. The smallest absolute Gasteiger partial charge is 0.243 e. The van der Waals surface area contributed by atoms with Crippen LogP contribution in [-0.4, -0.2) is 96.6 Å². The van der Waals surface area contributed by atoms with Crippen molar-refractivity contribution in [3.8, 4) is 5.75 Å². The van der Waals surface area contributed by atoms with Gasteiger partial charge in [-0.1, -0.05) is 36.4 Å². The van der Waals surface area contributed by atoms with Gasteiger partial charge in [-0.3, -0.25) is 0 Å². The topological polar surface area (TPSA) is 144 Å². The molecule has 2 fully saturated rings. The summed E-state index contributed by atoms with van der Waals surface area (Å²) in [6.07, 6.45) is 1.10. The fraction of sp³-hybridized carbons (Fsp3) is 0.484. The van der Waals surface area contributed by atoms with Crippen LogP contribution >= 0.6 is 0 Å². The minimum absolute atomic E-state index is 0.0181. The number of ether oxygens (including phenoxy) is 3. The molecule has 11 nitrogen and oxygen atoms in total. The van der Waals surface area contributed by atoms with Crippen molar-refractivity contribution in [1.29, 1.82) is 0 Å². The molecule has 1 spiro atoms. The molecule has 0 amide bonds. The van der Waals surface area contributed by atoms with Crippen LogP contribution in [0.1, 0.15) is 26.2 Å². The lowest BCUT2D eigenvalue weighted by Gasteiger charge is -2.38. The summed E-state index contributed by atoms with van der Waals surface area (Å²) in [5.74, 6) is 0.338. The number of benzene rings is 3. The number of nitrogens with zero attached hydrogens (tertiary/aromatic N) is 1. The van der Waals surface area contributed by atoms with Crippen molar-refractivity contribution in [2.45, 2.75) is 53.7 Å². The quantitative estimate of drug-likeness (QED) is 0.225. The van der Waals surface area contributed by atoms with E-state index < -0.39 is 31.8 Å². The lowest BCUT2D eigenvalue weighted by Crippen LogP contribution is -2.47. The Kier molecular flexibility index (Phi) is 10.6. The monoisotopic (exact) mass is 647 g/mol. The molecule has 0 bridgehead atoms. The third-order valence-electron chi connectivity index (χ3n) is 8.14. The molecule has 2 heterocycles. The Morgan fingerprint density at radius 2 is 1.77 bits per heavy atom.